The first-order valence-corrected chi connectivity index (χ1v) is 7.32. The number of hydrogen-bond acceptors (Lipinski definition) is 3. The number of pyridine rings is 1. The smallest absolute Gasteiger partial charge is 0.250 e. The number of likely N-dealkylation sites (tertiary alicyclic amines) is 1. The van der Waals surface area contributed by atoms with Gasteiger partial charge >= 0.3 is 0 Å². The minimum Gasteiger partial charge on any atom is -0.320 e. The molecule has 2 heterocycles. The summed E-state index contributed by atoms with van der Waals surface area (Å²) in [5.74, 6) is 0.878. The predicted octanol–water partition coefficient (Wildman–Crippen LogP) is 1.17. The molecule has 1 N–H and O–H groups in total. The second-order valence-electron chi connectivity index (χ2n) is 5.41. The van der Waals surface area contributed by atoms with Gasteiger partial charge in [-0.25, -0.2) is 0 Å². The number of aromatic nitrogens is 1. The van der Waals surface area contributed by atoms with Crippen LogP contribution in [0.3, 0.4) is 0 Å². The van der Waals surface area contributed by atoms with Crippen LogP contribution >= 0.6 is 0 Å². The normalized spacial score (nSPS) is 17.7. The number of hydrogen-bond donors (Lipinski definition) is 1. The molecule has 0 bridgehead atoms. The minimum atomic E-state index is 0.103. The molecule has 0 saturated carbocycles. The van der Waals surface area contributed by atoms with Crippen molar-refractivity contribution in [2.45, 2.75) is 25.8 Å². The average molecular weight is 263 g/mol. The molecule has 0 atom stereocenters. The van der Waals surface area contributed by atoms with Crippen molar-refractivity contribution in [3.8, 4) is 0 Å². The third kappa shape index (κ3) is 4.48. The third-order valence-electron chi connectivity index (χ3n) is 4.07. The van der Waals surface area contributed by atoms with Gasteiger partial charge in [-0.05, 0) is 57.9 Å². The van der Waals surface area contributed by atoms with Gasteiger partial charge in [-0.1, -0.05) is 6.07 Å². The Bertz CT molecular complexity index is 421. The first-order chi connectivity index (χ1) is 9.29. The predicted molar refractivity (Wildman–Crippen MR) is 78.4 cm³/mol. The lowest BCUT2D eigenvalue weighted by Crippen LogP contribution is -2.37. The highest BCUT2D eigenvalue weighted by Crippen LogP contribution is 2.19. The second-order valence-corrected chi connectivity index (χ2v) is 5.41. The summed E-state index contributed by atoms with van der Waals surface area (Å²) in [6.07, 6.45) is 5.77. The molecule has 1 saturated heterocycles. The minimum absolute atomic E-state index is 0.103. The zero-order valence-electron chi connectivity index (χ0n) is 11.8. The molecule has 106 valence electrons. The number of nitrogens with one attached hydrogen (secondary N) is 1. The highest BCUT2D eigenvalue weighted by atomic mass is 16.1. The molecule has 0 unspecified atom stereocenters. The third-order valence-corrected chi connectivity index (χ3v) is 4.07. The molecule has 19 heavy (non-hydrogen) atoms. The Kier molecular flexibility index (Phi) is 5.61. The van der Waals surface area contributed by atoms with Gasteiger partial charge in [0.15, 0.2) is 0 Å². The molecule has 0 aliphatic carbocycles. The molecule has 4 heteroatoms. The van der Waals surface area contributed by atoms with Crippen LogP contribution in [-0.4, -0.2) is 42.7 Å². The van der Waals surface area contributed by atoms with Crippen molar-refractivity contribution < 1.29 is 0 Å². The van der Waals surface area contributed by atoms with E-state index in [1.165, 1.54) is 32.4 Å². The fourth-order valence-corrected chi connectivity index (χ4v) is 2.74. The number of nitrogens with zero attached hydrogens (tertiary/aromatic N) is 2. The summed E-state index contributed by atoms with van der Waals surface area (Å²) in [6, 6.07) is 5.35. The van der Waals surface area contributed by atoms with Gasteiger partial charge < -0.3 is 14.8 Å². The number of rotatable bonds is 6. The molecule has 0 aromatic carbocycles. The Morgan fingerprint density at radius 1 is 1.26 bits per heavy atom. The Morgan fingerprint density at radius 3 is 2.74 bits per heavy atom. The van der Waals surface area contributed by atoms with Gasteiger partial charge in [-0.2, -0.15) is 0 Å². The molecule has 1 aliphatic rings. The van der Waals surface area contributed by atoms with Gasteiger partial charge in [0, 0.05) is 25.4 Å². The van der Waals surface area contributed by atoms with E-state index in [0.29, 0.717) is 0 Å². The lowest BCUT2D eigenvalue weighted by atomic mass is 9.93. The fraction of sp³-hybridized carbons (Fsp3) is 0.667. The first kappa shape index (κ1) is 14.3. The van der Waals surface area contributed by atoms with Gasteiger partial charge in [0.2, 0.25) is 0 Å². The first-order valence-electron chi connectivity index (χ1n) is 7.32. The maximum Gasteiger partial charge on any atom is 0.250 e. The van der Waals surface area contributed by atoms with Gasteiger partial charge in [0.1, 0.15) is 0 Å². The molecule has 1 fully saturated rings. The molecule has 0 radical (unpaired) electrons. The average Bonchev–Trinajstić information content (AvgIpc) is 2.45. The monoisotopic (exact) mass is 263 g/mol. The lowest BCUT2D eigenvalue weighted by Gasteiger charge is -2.32. The fourth-order valence-electron chi connectivity index (χ4n) is 2.74. The van der Waals surface area contributed by atoms with Crippen molar-refractivity contribution in [2.75, 3.05) is 33.2 Å². The van der Waals surface area contributed by atoms with E-state index >= 15 is 0 Å². The van der Waals surface area contributed by atoms with E-state index < -0.39 is 0 Å². The van der Waals surface area contributed by atoms with Crippen LogP contribution in [0.2, 0.25) is 0 Å². The van der Waals surface area contributed by atoms with E-state index in [2.05, 4.69) is 10.2 Å². The summed E-state index contributed by atoms with van der Waals surface area (Å²) in [5.41, 5.74) is 0.103. The Labute approximate surface area is 115 Å². The summed E-state index contributed by atoms with van der Waals surface area (Å²) in [4.78, 5) is 14.1. The van der Waals surface area contributed by atoms with Gasteiger partial charge in [-0.15, -0.1) is 0 Å². The van der Waals surface area contributed by atoms with E-state index in [1.807, 2.05) is 19.3 Å². The topological polar surface area (TPSA) is 37.3 Å². The van der Waals surface area contributed by atoms with Crippen LogP contribution in [0.15, 0.2) is 29.2 Å². The van der Waals surface area contributed by atoms with E-state index in [-0.39, 0.29) is 5.56 Å². The molecule has 0 amide bonds. The standard InChI is InChI=1S/C15H25N3O/c1-16-8-5-14-6-10-17(11-7-14)12-13-18-9-3-2-4-15(18)19/h2-4,9,14,16H,5-8,10-13H2,1H3. The van der Waals surface area contributed by atoms with Crippen molar-refractivity contribution in [3.05, 3.63) is 34.7 Å². The van der Waals surface area contributed by atoms with Crippen molar-refractivity contribution >= 4 is 0 Å². The quantitative estimate of drug-likeness (QED) is 0.837. The molecule has 0 spiro atoms. The highest BCUT2D eigenvalue weighted by molar-refractivity contribution is 4.93. The van der Waals surface area contributed by atoms with E-state index in [1.54, 1.807) is 16.7 Å². The molecule has 1 aromatic heterocycles. The SMILES string of the molecule is CNCCC1CCN(CCn2ccccc2=O)CC1. The molecule has 1 aromatic rings. The van der Waals surface area contributed by atoms with Crippen LogP contribution in [-0.2, 0) is 6.54 Å². The zero-order valence-corrected chi connectivity index (χ0v) is 11.8. The van der Waals surface area contributed by atoms with Crippen LogP contribution in [0, 0.1) is 5.92 Å². The van der Waals surface area contributed by atoms with Gasteiger partial charge in [0.25, 0.3) is 5.56 Å². The van der Waals surface area contributed by atoms with Crippen LogP contribution in [0.1, 0.15) is 19.3 Å². The Balaban J connectivity index is 1.71. The summed E-state index contributed by atoms with van der Waals surface area (Å²) in [6.45, 7) is 5.28. The van der Waals surface area contributed by atoms with Crippen molar-refractivity contribution in [2.24, 2.45) is 5.92 Å². The van der Waals surface area contributed by atoms with Crippen LogP contribution < -0.4 is 10.9 Å². The van der Waals surface area contributed by atoms with Crippen LogP contribution in [0.5, 0.6) is 0 Å². The van der Waals surface area contributed by atoms with E-state index in [0.717, 1.165) is 25.6 Å². The largest absolute Gasteiger partial charge is 0.320 e. The molecular weight excluding hydrogens is 238 g/mol. The maximum absolute atomic E-state index is 11.6. The van der Waals surface area contributed by atoms with Crippen molar-refractivity contribution in [3.63, 3.8) is 0 Å². The molecule has 2 rings (SSSR count). The Hall–Kier alpha value is -1.13. The Morgan fingerprint density at radius 2 is 2.05 bits per heavy atom. The highest BCUT2D eigenvalue weighted by Gasteiger charge is 2.18. The van der Waals surface area contributed by atoms with Crippen molar-refractivity contribution in [1.82, 2.24) is 14.8 Å². The van der Waals surface area contributed by atoms with Gasteiger partial charge in [-0.3, -0.25) is 4.79 Å². The zero-order chi connectivity index (χ0) is 13.5. The summed E-state index contributed by atoms with van der Waals surface area (Å²) in [5, 5.41) is 3.23. The van der Waals surface area contributed by atoms with Crippen LogP contribution in [0.4, 0.5) is 0 Å². The van der Waals surface area contributed by atoms with Gasteiger partial charge in [0.05, 0.1) is 0 Å². The summed E-state index contributed by atoms with van der Waals surface area (Å²) in [7, 11) is 2.02. The lowest BCUT2D eigenvalue weighted by molar-refractivity contribution is 0.173. The molecular formula is C15H25N3O. The summed E-state index contributed by atoms with van der Waals surface area (Å²) >= 11 is 0. The van der Waals surface area contributed by atoms with Crippen molar-refractivity contribution in [1.29, 1.82) is 0 Å². The molecule has 4 nitrogen and oxygen atoms in total. The maximum atomic E-state index is 11.6. The second kappa shape index (κ2) is 7.46. The van der Waals surface area contributed by atoms with Crippen LogP contribution in [0.25, 0.3) is 0 Å². The summed E-state index contributed by atoms with van der Waals surface area (Å²) < 4.78 is 1.80. The van der Waals surface area contributed by atoms with E-state index in [9.17, 15) is 4.79 Å². The number of piperidine rings is 1. The van der Waals surface area contributed by atoms with E-state index in [4.69, 9.17) is 0 Å². The molecule has 1 aliphatic heterocycles.